The molecular weight excluding hydrogens is 192 g/mol. The molecule has 0 spiro atoms. The monoisotopic (exact) mass is 214 g/mol. The van der Waals surface area contributed by atoms with Gasteiger partial charge in [-0.1, -0.05) is 18.4 Å². The SMILES string of the molecule is CCCCO.COOOC.OCCO. The number of rotatable bonds is 5. The lowest BCUT2D eigenvalue weighted by Gasteiger charge is -1.85. The van der Waals surface area contributed by atoms with Crippen molar-refractivity contribution in [2.45, 2.75) is 19.8 Å². The van der Waals surface area contributed by atoms with Crippen molar-refractivity contribution in [2.75, 3.05) is 34.0 Å². The average Bonchev–Trinajstić information content (AvgIpc) is 2.22. The zero-order valence-electron chi connectivity index (χ0n) is 9.10. The van der Waals surface area contributed by atoms with Gasteiger partial charge in [0.15, 0.2) is 0 Å². The normalized spacial score (nSPS) is 8.14. The number of aliphatic hydroxyl groups is 3. The second-order valence-electron chi connectivity index (χ2n) is 1.93. The molecule has 0 aliphatic carbocycles. The minimum Gasteiger partial charge on any atom is -0.396 e. The summed E-state index contributed by atoms with van der Waals surface area (Å²) >= 11 is 0. The molecular formula is C8H22O6. The van der Waals surface area contributed by atoms with Gasteiger partial charge in [0.25, 0.3) is 0 Å². The summed E-state index contributed by atoms with van der Waals surface area (Å²) in [5, 5.41) is 27.1. The molecule has 0 rings (SSSR count). The van der Waals surface area contributed by atoms with E-state index >= 15 is 0 Å². The van der Waals surface area contributed by atoms with E-state index in [2.05, 4.69) is 21.7 Å². The third-order valence-corrected chi connectivity index (χ3v) is 0.748. The molecule has 0 fully saturated rings. The van der Waals surface area contributed by atoms with E-state index in [0.717, 1.165) is 12.8 Å². The molecule has 6 heteroatoms. The highest BCUT2D eigenvalue weighted by molar-refractivity contribution is 4.23. The van der Waals surface area contributed by atoms with Crippen LogP contribution >= 0.6 is 0 Å². The van der Waals surface area contributed by atoms with Crippen molar-refractivity contribution in [1.82, 2.24) is 0 Å². The molecule has 0 unspecified atom stereocenters. The van der Waals surface area contributed by atoms with Crippen molar-refractivity contribution in [3.8, 4) is 0 Å². The quantitative estimate of drug-likeness (QED) is 0.436. The first-order valence-corrected chi connectivity index (χ1v) is 4.31. The van der Waals surface area contributed by atoms with Crippen LogP contribution in [0.1, 0.15) is 19.8 Å². The highest BCUT2D eigenvalue weighted by Crippen LogP contribution is 1.78. The van der Waals surface area contributed by atoms with Crippen LogP contribution in [0.4, 0.5) is 0 Å². The number of hydrogen-bond donors (Lipinski definition) is 3. The van der Waals surface area contributed by atoms with Crippen molar-refractivity contribution in [1.29, 1.82) is 0 Å². The number of hydrogen-bond acceptors (Lipinski definition) is 6. The lowest BCUT2D eigenvalue weighted by Crippen LogP contribution is -1.85. The van der Waals surface area contributed by atoms with Crippen LogP contribution in [0.15, 0.2) is 0 Å². The Morgan fingerprint density at radius 2 is 1.29 bits per heavy atom. The maximum absolute atomic E-state index is 8.07. The Bertz CT molecular complexity index is 49.8. The second kappa shape index (κ2) is 29.3. The van der Waals surface area contributed by atoms with Crippen LogP contribution in [-0.2, 0) is 14.8 Å². The maximum Gasteiger partial charge on any atom is 0.0744 e. The fourth-order valence-electron chi connectivity index (χ4n) is 0.226. The van der Waals surface area contributed by atoms with E-state index in [0.29, 0.717) is 6.61 Å². The smallest absolute Gasteiger partial charge is 0.0744 e. The summed E-state index contributed by atoms with van der Waals surface area (Å²) in [6.45, 7) is 2.15. The van der Waals surface area contributed by atoms with Gasteiger partial charge in [0.2, 0.25) is 0 Å². The molecule has 0 aliphatic rings. The Morgan fingerprint density at radius 1 is 0.857 bits per heavy atom. The summed E-state index contributed by atoms with van der Waals surface area (Å²) in [7, 11) is 2.73. The van der Waals surface area contributed by atoms with Gasteiger partial charge in [-0.3, -0.25) is 0 Å². The highest BCUT2D eigenvalue weighted by atomic mass is 17.5. The Kier molecular flexibility index (Phi) is 40.5. The lowest BCUT2D eigenvalue weighted by atomic mass is 10.4. The molecule has 0 atom stereocenters. The molecule has 14 heavy (non-hydrogen) atoms. The molecule has 3 N–H and O–H groups in total. The van der Waals surface area contributed by atoms with Gasteiger partial charge in [0.05, 0.1) is 27.4 Å². The topological polar surface area (TPSA) is 88.4 Å². The van der Waals surface area contributed by atoms with Crippen LogP contribution in [-0.4, -0.2) is 49.4 Å². The van der Waals surface area contributed by atoms with Crippen LogP contribution in [0.5, 0.6) is 0 Å². The predicted molar refractivity (Wildman–Crippen MR) is 51.3 cm³/mol. The molecule has 0 amide bonds. The summed E-state index contributed by atoms with van der Waals surface area (Å²) in [5.41, 5.74) is 0. The van der Waals surface area contributed by atoms with Gasteiger partial charge in [-0.2, -0.15) is 0 Å². The van der Waals surface area contributed by atoms with Crippen molar-refractivity contribution in [3.63, 3.8) is 0 Å². The van der Waals surface area contributed by atoms with E-state index in [-0.39, 0.29) is 13.2 Å². The van der Waals surface area contributed by atoms with Gasteiger partial charge in [-0.05, 0) is 6.42 Å². The van der Waals surface area contributed by atoms with E-state index in [1.165, 1.54) is 14.2 Å². The average molecular weight is 214 g/mol. The van der Waals surface area contributed by atoms with E-state index in [1.807, 2.05) is 0 Å². The Labute approximate surface area is 84.9 Å². The molecule has 0 aromatic rings. The van der Waals surface area contributed by atoms with Crippen molar-refractivity contribution >= 4 is 0 Å². The highest BCUT2D eigenvalue weighted by Gasteiger charge is 1.69. The van der Waals surface area contributed by atoms with Gasteiger partial charge < -0.3 is 15.3 Å². The fraction of sp³-hybridized carbons (Fsp3) is 1.00. The zero-order valence-corrected chi connectivity index (χ0v) is 9.10. The zero-order chi connectivity index (χ0) is 11.7. The summed E-state index contributed by atoms with van der Waals surface area (Å²) in [5.74, 6) is 0. The van der Waals surface area contributed by atoms with Gasteiger partial charge in [-0.25, -0.2) is 9.78 Å². The standard InChI is InChI=1S/C4H10O.C2H6O3.C2H6O2/c1-2-3-4-5;1-3-5-4-2;3-1-2-4/h5H,2-4H2,1H3;1-2H3;3-4H,1-2H2. The Morgan fingerprint density at radius 3 is 1.29 bits per heavy atom. The van der Waals surface area contributed by atoms with Crippen LogP contribution in [0, 0.1) is 0 Å². The fourth-order valence-corrected chi connectivity index (χ4v) is 0.226. The Balaban J connectivity index is -0.000000131. The van der Waals surface area contributed by atoms with Crippen LogP contribution in [0.25, 0.3) is 0 Å². The van der Waals surface area contributed by atoms with Crippen LogP contribution < -0.4 is 0 Å². The van der Waals surface area contributed by atoms with Crippen LogP contribution in [0.2, 0.25) is 0 Å². The summed E-state index contributed by atoms with van der Waals surface area (Å²) < 4.78 is 0. The molecule has 0 aromatic carbocycles. The minimum absolute atomic E-state index is 0.125. The first kappa shape index (κ1) is 19.4. The molecule has 6 nitrogen and oxygen atoms in total. The molecule has 0 heterocycles. The minimum atomic E-state index is -0.125. The lowest BCUT2D eigenvalue weighted by molar-refractivity contribution is -0.491. The largest absolute Gasteiger partial charge is 0.396 e. The summed E-state index contributed by atoms with van der Waals surface area (Å²) in [6.07, 6.45) is 2.04. The van der Waals surface area contributed by atoms with E-state index in [1.54, 1.807) is 0 Å². The summed E-state index contributed by atoms with van der Waals surface area (Å²) in [6, 6.07) is 0. The van der Waals surface area contributed by atoms with Gasteiger partial charge in [-0.15, -0.1) is 0 Å². The van der Waals surface area contributed by atoms with Gasteiger partial charge in [0, 0.05) is 6.61 Å². The van der Waals surface area contributed by atoms with E-state index < -0.39 is 0 Å². The molecule has 0 aliphatic heterocycles. The first-order chi connectivity index (χ1) is 6.74. The number of aliphatic hydroxyl groups excluding tert-OH is 3. The third-order valence-electron chi connectivity index (χ3n) is 0.748. The van der Waals surface area contributed by atoms with Crippen molar-refractivity contribution in [3.05, 3.63) is 0 Å². The predicted octanol–water partition coefficient (Wildman–Crippen LogP) is -0.124. The van der Waals surface area contributed by atoms with E-state index in [9.17, 15) is 0 Å². The number of unbranched alkanes of at least 4 members (excludes halogenated alkanes) is 1. The molecule has 0 aromatic heterocycles. The van der Waals surface area contributed by atoms with Crippen molar-refractivity contribution in [2.24, 2.45) is 0 Å². The molecule has 0 bridgehead atoms. The maximum atomic E-state index is 8.07. The first-order valence-electron chi connectivity index (χ1n) is 4.31. The summed E-state index contributed by atoms with van der Waals surface area (Å²) in [4.78, 5) is 7.94. The van der Waals surface area contributed by atoms with Gasteiger partial charge in [0.1, 0.15) is 0 Å². The molecule has 90 valence electrons. The van der Waals surface area contributed by atoms with Crippen molar-refractivity contribution < 1.29 is 30.1 Å². The van der Waals surface area contributed by atoms with Crippen LogP contribution in [0.3, 0.4) is 0 Å². The molecule has 0 saturated heterocycles. The Hall–Kier alpha value is -0.240. The van der Waals surface area contributed by atoms with Gasteiger partial charge >= 0.3 is 0 Å². The third kappa shape index (κ3) is 60.1. The van der Waals surface area contributed by atoms with E-state index in [4.69, 9.17) is 15.3 Å². The molecule has 0 radical (unpaired) electrons. The second-order valence-corrected chi connectivity index (χ2v) is 1.93. The molecule has 0 saturated carbocycles.